The van der Waals surface area contributed by atoms with Crippen LogP contribution < -0.4 is 0 Å². The lowest BCUT2D eigenvalue weighted by Gasteiger charge is -2.07. The predicted molar refractivity (Wildman–Crippen MR) is 47.5 cm³/mol. The van der Waals surface area contributed by atoms with Gasteiger partial charge in [0.2, 0.25) is 5.78 Å². The first kappa shape index (κ1) is 11.5. The molecule has 0 amide bonds. The highest BCUT2D eigenvalue weighted by atomic mass is 19.4. The monoisotopic (exact) mass is 218 g/mol. The lowest BCUT2D eigenvalue weighted by atomic mass is 10.1. The second kappa shape index (κ2) is 3.52. The van der Waals surface area contributed by atoms with Crippen molar-refractivity contribution in [1.82, 2.24) is 9.78 Å². The molecule has 0 aliphatic rings. The summed E-state index contributed by atoms with van der Waals surface area (Å²) in [5.74, 6) is -1.13. The van der Waals surface area contributed by atoms with Crippen LogP contribution in [0.1, 0.15) is 16.1 Å². The average Bonchev–Trinajstić information content (AvgIpc) is 2.41. The van der Waals surface area contributed by atoms with Gasteiger partial charge in [0.25, 0.3) is 0 Å². The summed E-state index contributed by atoms with van der Waals surface area (Å²) in [5, 5.41) is 3.78. The van der Waals surface area contributed by atoms with E-state index >= 15 is 0 Å². The Labute approximate surface area is 84.2 Å². The largest absolute Gasteiger partial charge is 0.419 e. The summed E-state index contributed by atoms with van der Waals surface area (Å²) in [5.41, 5.74) is -1.19. The molecular weight excluding hydrogens is 209 g/mol. The highest BCUT2D eigenvalue weighted by Gasteiger charge is 2.37. The van der Waals surface area contributed by atoms with Gasteiger partial charge in [-0.3, -0.25) is 9.48 Å². The fourth-order valence-electron chi connectivity index (χ4n) is 1.11. The number of carbonyl (C=O) groups excluding carboxylic acids is 1. The van der Waals surface area contributed by atoms with Crippen molar-refractivity contribution < 1.29 is 18.0 Å². The van der Waals surface area contributed by atoms with Crippen LogP contribution in [0.2, 0.25) is 0 Å². The third-order valence-corrected chi connectivity index (χ3v) is 1.87. The van der Waals surface area contributed by atoms with E-state index in [1.165, 1.54) is 24.9 Å². The zero-order valence-corrected chi connectivity index (χ0v) is 8.22. The van der Waals surface area contributed by atoms with E-state index in [1.54, 1.807) is 0 Å². The van der Waals surface area contributed by atoms with E-state index in [-0.39, 0.29) is 11.3 Å². The summed E-state index contributed by atoms with van der Waals surface area (Å²) in [6.07, 6.45) is -3.45. The lowest BCUT2D eigenvalue weighted by Crippen LogP contribution is -2.19. The number of allylic oxidation sites excluding steroid dienone is 1. The number of nitrogens with zero attached hydrogens (tertiary/aromatic N) is 2. The molecule has 82 valence electrons. The van der Waals surface area contributed by atoms with Crippen LogP contribution in [0.15, 0.2) is 18.3 Å². The summed E-state index contributed by atoms with van der Waals surface area (Å²) in [4.78, 5) is 11.4. The first-order chi connectivity index (χ1) is 6.73. The highest BCUT2D eigenvalue weighted by molar-refractivity contribution is 6.09. The van der Waals surface area contributed by atoms with Crippen LogP contribution >= 0.6 is 0 Å². The van der Waals surface area contributed by atoms with Crippen molar-refractivity contribution in [3.8, 4) is 0 Å². The SMILES string of the molecule is C=C(C(=O)c1cn(C)nc1C)C(F)(F)F. The Morgan fingerprint density at radius 2 is 2.07 bits per heavy atom. The lowest BCUT2D eigenvalue weighted by molar-refractivity contribution is -0.0883. The van der Waals surface area contributed by atoms with Gasteiger partial charge in [0.05, 0.1) is 16.8 Å². The van der Waals surface area contributed by atoms with Crippen molar-refractivity contribution >= 4 is 5.78 Å². The molecule has 3 nitrogen and oxygen atoms in total. The summed E-state index contributed by atoms with van der Waals surface area (Å²) in [6, 6.07) is 0. The Morgan fingerprint density at radius 1 is 1.53 bits per heavy atom. The molecule has 1 rings (SSSR count). The number of aromatic nitrogens is 2. The summed E-state index contributed by atoms with van der Waals surface area (Å²) in [7, 11) is 1.53. The van der Waals surface area contributed by atoms with E-state index in [0.717, 1.165) is 0 Å². The van der Waals surface area contributed by atoms with Gasteiger partial charge in [0.15, 0.2) is 0 Å². The van der Waals surface area contributed by atoms with Crippen LogP contribution in [0.5, 0.6) is 0 Å². The number of carbonyl (C=O) groups is 1. The fourth-order valence-corrected chi connectivity index (χ4v) is 1.11. The van der Waals surface area contributed by atoms with Crippen LogP contribution in [0, 0.1) is 6.92 Å². The molecule has 0 aliphatic carbocycles. The maximum Gasteiger partial charge on any atom is 0.419 e. The van der Waals surface area contributed by atoms with Crippen LogP contribution in [-0.4, -0.2) is 21.7 Å². The molecule has 0 aromatic carbocycles. The van der Waals surface area contributed by atoms with Gasteiger partial charge in [-0.1, -0.05) is 6.58 Å². The van der Waals surface area contributed by atoms with Crippen LogP contribution in [0.3, 0.4) is 0 Å². The van der Waals surface area contributed by atoms with E-state index < -0.39 is 17.5 Å². The van der Waals surface area contributed by atoms with Gasteiger partial charge in [0, 0.05) is 13.2 Å². The van der Waals surface area contributed by atoms with Crippen molar-refractivity contribution in [3.63, 3.8) is 0 Å². The zero-order chi connectivity index (χ0) is 11.8. The molecule has 0 spiro atoms. The Kier molecular flexibility index (Phi) is 2.70. The number of halogens is 3. The summed E-state index contributed by atoms with van der Waals surface area (Å²) >= 11 is 0. The predicted octanol–water partition coefficient (Wildman–Crippen LogP) is 2.03. The molecule has 1 heterocycles. The molecule has 15 heavy (non-hydrogen) atoms. The Bertz CT molecular complexity index is 417. The standard InChI is InChI=1S/C9H9F3N2O/c1-5(9(10,11)12)8(15)7-4-14(3)13-6(7)2/h4H,1H2,2-3H3. The van der Waals surface area contributed by atoms with E-state index in [1.807, 2.05) is 0 Å². The van der Waals surface area contributed by atoms with Gasteiger partial charge in [-0.05, 0) is 6.92 Å². The van der Waals surface area contributed by atoms with E-state index in [9.17, 15) is 18.0 Å². The summed E-state index contributed by atoms with van der Waals surface area (Å²) in [6.45, 7) is 4.21. The number of Topliss-reactive ketones (excluding diaryl/α,β-unsaturated/α-hetero) is 1. The minimum absolute atomic E-state index is 0.0696. The molecule has 0 atom stereocenters. The molecule has 0 fully saturated rings. The smallest absolute Gasteiger partial charge is 0.289 e. The number of rotatable bonds is 2. The molecule has 0 bridgehead atoms. The molecule has 0 unspecified atom stereocenters. The van der Waals surface area contributed by atoms with E-state index in [4.69, 9.17) is 0 Å². The third-order valence-electron chi connectivity index (χ3n) is 1.87. The van der Waals surface area contributed by atoms with Gasteiger partial charge in [-0.15, -0.1) is 0 Å². The van der Waals surface area contributed by atoms with Crippen LogP contribution in [0.25, 0.3) is 0 Å². The van der Waals surface area contributed by atoms with Gasteiger partial charge in [-0.2, -0.15) is 18.3 Å². The number of hydrogen-bond donors (Lipinski definition) is 0. The quantitative estimate of drug-likeness (QED) is 0.562. The van der Waals surface area contributed by atoms with Crippen molar-refractivity contribution in [3.05, 3.63) is 29.6 Å². The second-order valence-corrected chi connectivity index (χ2v) is 3.11. The van der Waals surface area contributed by atoms with E-state index in [2.05, 4.69) is 11.7 Å². The van der Waals surface area contributed by atoms with Crippen LogP contribution in [0.4, 0.5) is 13.2 Å². The summed E-state index contributed by atoms with van der Waals surface area (Å²) < 4.78 is 37.8. The van der Waals surface area contributed by atoms with Gasteiger partial charge in [0.1, 0.15) is 0 Å². The Balaban J connectivity index is 3.06. The average molecular weight is 218 g/mol. The maximum atomic E-state index is 12.2. The van der Waals surface area contributed by atoms with Crippen LogP contribution in [-0.2, 0) is 7.05 Å². The number of aryl methyl sites for hydroxylation is 2. The number of hydrogen-bond acceptors (Lipinski definition) is 2. The van der Waals surface area contributed by atoms with E-state index in [0.29, 0.717) is 0 Å². The minimum Gasteiger partial charge on any atom is -0.289 e. The third kappa shape index (κ3) is 2.26. The molecule has 0 radical (unpaired) electrons. The van der Waals surface area contributed by atoms with Crippen molar-refractivity contribution in [1.29, 1.82) is 0 Å². The Morgan fingerprint density at radius 3 is 2.40 bits per heavy atom. The molecular formula is C9H9F3N2O. The molecule has 0 saturated heterocycles. The minimum atomic E-state index is -4.70. The zero-order valence-electron chi connectivity index (χ0n) is 8.22. The molecule has 0 aliphatic heterocycles. The Hall–Kier alpha value is -1.59. The van der Waals surface area contributed by atoms with Gasteiger partial charge in [-0.25, -0.2) is 0 Å². The van der Waals surface area contributed by atoms with Crippen molar-refractivity contribution in [2.75, 3.05) is 0 Å². The second-order valence-electron chi connectivity index (χ2n) is 3.11. The highest BCUT2D eigenvalue weighted by Crippen LogP contribution is 2.27. The fraction of sp³-hybridized carbons (Fsp3) is 0.333. The number of ketones is 1. The molecule has 0 saturated carbocycles. The topological polar surface area (TPSA) is 34.9 Å². The molecule has 6 heteroatoms. The normalized spacial score (nSPS) is 11.5. The first-order valence-electron chi connectivity index (χ1n) is 4.04. The van der Waals surface area contributed by atoms with Gasteiger partial charge < -0.3 is 0 Å². The van der Waals surface area contributed by atoms with Crippen molar-refractivity contribution in [2.24, 2.45) is 7.05 Å². The van der Waals surface area contributed by atoms with Gasteiger partial charge >= 0.3 is 6.18 Å². The number of alkyl halides is 3. The van der Waals surface area contributed by atoms with Crippen molar-refractivity contribution in [2.45, 2.75) is 13.1 Å². The molecule has 0 N–H and O–H groups in total. The maximum absolute atomic E-state index is 12.2. The first-order valence-corrected chi connectivity index (χ1v) is 4.04. The molecule has 1 aromatic rings. The molecule has 1 aromatic heterocycles.